The third-order valence-corrected chi connectivity index (χ3v) is 6.72. The van der Waals surface area contributed by atoms with Gasteiger partial charge in [0.25, 0.3) is 0 Å². The summed E-state index contributed by atoms with van der Waals surface area (Å²) in [6.45, 7) is 0.388. The lowest BCUT2D eigenvalue weighted by atomic mass is 9.92. The second-order valence-corrected chi connectivity index (χ2v) is 9.48. The molecule has 8 nitrogen and oxygen atoms in total. The first-order valence-electron chi connectivity index (χ1n) is 11.7. The summed E-state index contributed by atoms with van der Waals surface area (Å²) in [6, 6.07) is 16.1. The van der Waals surface area contributed by atoms with Gasteiger partial charge in [-0.3, -0.25) is 4.79 Å². The highest BCUT2D eigenvalue weighted by molar-refractivity contribution is 6.42. The minimum atomic E-state index is -1.21. The standard InChI is InChI=1S/C26H27Cl2N3O5/c27-19-11-10-18(12-20(19)28)16-36-25-13-22(26(33)34)30-31(25)14-24(32)29-21-8-4-5-9-23(21)35-15-17-6-2-1-3-7-17/h1-3,6-7,10-13,21,23H,4-5,8-9,14-16H2,(H,29,32)(H,33,34)/t21-,23-/m0/s1. The van der Waals surface area contributed by atoms with E-state index in [1.165, 1.54) is 10.7 Å². The van der Waals surface area contributed by atoms with Crippen molar-refractivity contribution < 1.29 is 24.2 Å². The fourth-order valence-corrected chi connectivity index (χ4v) is 4.47. The first kappa shape index (κ1) is 26.0. The largest absolute Gasteiger partial charge is 0.476 e. The van der Waals surface area contributed by atoms with Crippen molar-refractivity contribution in [3.8, 4) is 5.88 Å². The predicted octanol–water partition coefficient (Wildman–Crippen LogP) is 5.11. The molecule has 1 fully saturated rings. The van der Waals surface area contributed by atoms with E-state index in [4.69, 9.17) is 32.7 Å². The quantitative estimate of drug-likeness (QED) is 0.376. The number of aromatic nitrogens is 2. The van der Waals surface area contributed by atoms with Crippen molar-refractivity contribution in [2.75, 3.05) is 0 Å². The fraction of sp³-hybridized carbons (Fsp3) is 0.346. The normalized spacial score (nSPS) is 17.5. The van der Waals surface area contributed by atoms with Gasteiger partial charge in [0.1, 0.15) is 13.2 Å². The number of carboxylic acids is 1. The molecule has 1 aromatic heterocycles. The molecular formula is C26H27Cl2N3O5. The van der Waals surface area contributed by atoms with E-state index in [0.29, 0.717) is 16.7 Å². The van der Waals surface area contributed by atoms with Gasteiger partial charge < -0.3 is 19.9 Å². The Balaban J connectivity index is 1.39. The highest BCUT2D eigenvalue weighted by atomic mass is 35.5. The average Bonchev–Trinajstić information content (AvgIpc) is 3.27. The molecule has 0 unspecified atom stereocenters. The Labute approximate surface area is 219 Å². The van der Waals surface area contributed by atoms with E-state index in [0.717, 1.165) is 36.8 Å². The molecule has 0 bridgehead atoms. The van der Waals surface area contributed by atoms with Gasteiger partial charge in [-0.15, -0.1) is 0 Å². The van der Waals surface area contributed by atoms with Gasteiger partial charge in [0.2, 0.25) is 11.8 Å². The molecule has 3 aromatic rings. The van der Waals surface area contributed by atoms with E-state index in [1.54, 1.807) is 18.2 Å². The Kier molecular flexibility index (Phi) is 8.85. The molecule has 190 valence electrons. The number of carbonyl (C=O) groups is 2. The van der Waals surface area contributed by atoms with E-state index in [9.17, 15) is 14.7 Å². The van der Waals surface area contributed by atoms with Crippen molar-refractivity contribution in [1.82, 2.24) is 15.1 Å². The Morgan fingerprint density at radius 2 is 1.78 bits per heavy atom. The number of carboxylic acid groups (broad SMARTS) is 1. The maximum atomic E-state index is 12.9. The van der Waals surface area contributed by atoms with E-state index >= 15 is 0 Å². The van der Waals surface area contributed by atoms with Gasteiger partial charge in [-0.25, -0.2) is 9.48 Å². The van der Waals surface area contributed by atoms with Crippen molar-refractivity contribution in [3.63, 3.8) is 0 Å². The Morgan fingerprint density at radius 3 is 2.53 bits per heavy atom. The van der Waals surface area contributed by atoms with Crippen LogP contribution in [-0.4, -0.2) is 38.9 Å². The molecule has 1 aliphatic rings. The smallest absolute Gasteiger partial charge is 0.356 e. The summed E-state index contributed by atoms with van der Waals surface area (Å²) in [6.07, 6.45) is 3.62. The molecule has 0 saturated heterocycles. The minimum Gasteiger partial charge on any atom is -0.476 e. The first-order valence-corrected chi connectivity index (χ1v) is 12.5. The number of carbonyl (C=O) groups excluding carboxylic acids is 1. The van der Waals surface area contributed by atoms with Crippen LogP contribution in [0.4, 0.5) is 0 Å². The van der Waals surface area contributed by atoms with Crippen LogP contribution >= 0.6 is 23.2 Å². The summed E-state index contributed by atoms with van der Waals surface area (Å²) in [5.41, 5.74) is 1.60. The Hall–Kier alpha value is -3.07. The molecule has 0 radical (unpaired) electrons. The third-order valence-electron chi connectivity index (χ3n) is 5.98. The topological polar surface area (TPSA) is 103 Å². The first-order chi connectivity index (χ1) is 17.4. The van der Waals surface area contributed by atoms with E-state index in [-0.39, 0.29) is 42.8 Å². The lowest BCUT2D eigenvalue weighted by molar-refractivity contribution is -0.124. The van der Waals surface area contributed by atoms with Crippen molar-refractivity contribution in [2.45, 2.75) is 57.6 Å². The molecule has 0 spiro atoms. The number of halogens is 2. The molecular weight excluding hydrogens is 505 g/mol. The number of hydrogen-bond acceptors (Lipinski definition) is 5. The van der Waals surface area contributed by atoms with Crippen molar-refractivity contribution >= 4 is 35.1 Å². The van der Waals surface area contributed by atoms with Crippen LogP contribution in [0.1, 0.15) is 47.3 Å². The minimum absolute atomic E-state index is 0.0968. The highest BCUT2D eigenvalue weighted by Crippen LogP contribution is 2.25. The number of ether oxygens (including phenoxy) is 2. The SMILES string of the molecule is O=C(Cn1nc(C(=O)O)cc1OCc1ccc(Cl)c(Cl)c1)N[C@H]1CCCC[C@@H]1OCc1ccccc1. The molecule has 2 N–H and O–H groups in total. The zero-order valence-corrected chi connectivity index (χ0v) is 21.0. The van der Waals surface area contributed by atoms with Crippen LogP contribution in [0.25, 0.3) is 0 Å². The number of benzene rings is 2. The molecule has 1 amide bonds. The Bertz CT molecular complexity index is 1200. The number of nitrogens with zero attached hydrogens (tertiary/aromatic N) is 2. The summed E-state index contributed by atoms with van der Waals surface area (Å²) in [5.74, 6) is -1.35. The van der Waals surface area contributed by atoms with Crippen molar-refractivity contribution in [3.05, 3.63) is 81.5 Å². The number of aromatic carboxylic acids is 1. The summed E-state index contributed by atoms with van der Waals surface area (Å²) in [4.78, 5) is 24.4. The second kappa shape index (κ2) is 12.3. The average molecular weight is 532 g/mol. The van der Waals surface area contributed by atoms with Crippen LogP contribution < -0.4 is 10.1 Å². The van der Waals surface area contributed by atoms with Gasteiger partial charge in [-0.05, 0) is 36.1 Å². The maximum absolute atomic E-state index is 12.9. The van der Waals surface area contributed by atoms with Gasteiger partial charge >= 0.3 is 5.97 Å². The van der Waals surface area contributed by atoms with Gasteiger partial charge in [0.05, 0.1) is 28.8 Å². The summed E-state index contributed by atoms with van der Waals surface area (Å²) in [7, 11) is 0. The van der Waals surface area contributed by atoms with Crippen LogP contribution in [0.2, 0.25) is 10.0 Å². The van der Waals surface area contributed by atoms with Crippen LogP contribution in [-0.2, 0) is 29.3 Å². The molecule has 2 atom stereocenters. The van der Waals surface area contributed by atoms with E-state index in [2.05, 4.69) is 10.4 Å². The zero-order valence-electron chi connectivity index (χ0n) is 19.5. The van der Waals surface area contributed by atoms with Crippen LogP contribution in [0.15, 0.2) is 54.6 Å². The van der Waals surface area contributed by atoms with E-state index < -0.39 is 5.97 Å². The molecule has 36 heavy (non-hydrogen) atoms. The predicted molar refractivity (Wildman–Crippen MR) is 135 cm³/mol. The molecule has 1 aliphatic carbocycles. The lowest BCUT2D eigenvalue weighted by Crippen LogP contribution is -2.47. The molecule has 2 aromatic carbocycles. The number of nitrogens with one attached hydrogen (secondary N) is 1. The molecule has 10 heteroatoms. The van der Waals surface area contributed by atoms with Crippen LogP contribution in [0.3, 0.4) is 0 Å². The number of amides is 1. The molecule has 4 rings (SSSR count). The monoisotopic (exact) mass is 531 g/mol. The van der Waals surface area contributed by atoms with Gasteiger partial charge in [0.15, 0.2) is 5.69 Å². The maximum Gasteiger partial charge on any atom is 0.356 e. The summed E-state index contributed by atoms with van der Waals surface area (Å²) >= 11 is 12.0. The van der Waals surface area contributed by atoms with Crippen LogP contribution in [0.5, 0.6) is 5.88 Å². The summed E-state index contributed by atoms with van der Waals surface area (Å²) < 4.78 is 13.2. The lowest BCUT2D eigenvalue weighted by Gasteiger charge is -2.32. The summed E-state index contributed by atoms with van der Waals surface area (Å²) in [5, 5.41) is 17.3. The zero-order chi connectivity index (χ0) is 25.5. The van der Waals surface area contributed by atoms with Crippen LogP contribution in [0, 0.1) is 0 Å². The second-order valence-electron chi connectivity index (χ2n) is 8.66. The third kappa shape index (κ3) is 7.00. The van der Waals surface area contributed by atoms with Gasteiger partial charge in [-0.1, -0.05) is 72.4 Å². The van der Waals surface area contributed by atoms with Gasteiger partial charge in [-0.2, -0.15) is 5.10 Å². The Morgan fingerprint density at radius 1 is 1.00 bits per heavy atom. The fourth-order valence-electron chi connectivity index (χ4n) is 4.15. The molecule has 1 saturated carbocycles. The number of hydrogen-bond donors (Lipinski definition) is 2. The molecule has 1 heterocycles. The van der Waals surface area contributed by atoms with E-state index in [1.807, 2.05) is 30.3 Å². The number of rotatable bonds is 10. The molecule has 0 aliphatic heterocycles. The van der Waals surface area contributed by atoms with Crippen molar-refractivity contribution in [2.24, 2.45) is 0 Å². The van der Waals surface area contributed by atoms with Gasteiger partial charge in [0, 0.05) is 6.07 Å². The highest BCUT2D eigenvalue weighted by Gasteiger charge is 2.28. The van der Waals surface area contributed by atoms with Crippen molar-refractivity contribution in [1.29, 1.82) is 0 Å².